The van der Waals surface area contributed by atoms with Crippen molar-refractivity contribution in [2.45, 2.75) is 6.54 Å². The largest absolute Gasteiger partial charge is 0.398 e. The molecule has 3 nitrogen and oxygen atoms in total. The summed E-state index contributed by atoms with van der Waals surface area (Å²) < 4.78 is 0. The van der Waals surface area contributed by atoms with E-state index >= 15 is 0 Å². The van der Waals surface area contributed by atoms with Gasteiger partial charge in [0.1, 0.15) is 0 Å². The van der Waals surface area contributed by atoms with Crippen LogP contribution in [0.3, 0.4) is 0 Å². The Kier molecular flexibility index (Phi) is 4.73. The Hall–Kier alpha value is -1.61. The van der Waals surface area contributed by atoms with E-state index in [9.17, 15) is 0 Å². The lowest BCUT2D eigenvalue weighted by molar-refractivity contribution is 0.402. The highest BCUT2D eigenvalue weighted by Gasteiger charge is 1.97. The molecule has 0 atom stereocenters. The fraction of sp³-hybridized carbons (Fsp3) is 0.308. The average molecular weight is 217 g/mol. The molecule has 0 radical (unpaired) electrons. The van der Waals surface area contributed by atoms with Gasteiger partial charge in [0.2, 0.25) is 0 Å². The number of hydrogen-bond donors (Lipinski definition) is 1. The van der Waals surface area contributed by atoms with Gasteiger partial charge in [0, 0.05) is 25.5 Å². The number of allylic oxidation sites excluding steroid dienone is 1. The second-order valence-electron chi connectivity index (χ2n) is 3.96. The van der Waals surface area contributed by atoms with E-state index in [1.165, 1.54) is 5.56 Å². The van der Waals surface area contributed by atoms with E-state index in [0.29, 0.717) is 0 Å². The minimum atomic E-state index is 0.738. The maximum atomic E-state index is 5.89. The van der Waals surface area contributed by atoms with Gasteiger partial charge < -0.3 is 10.6 Å². The van der Waals surface area contributed by atoms with Crippen LogP contribution in [0.5, 0.6) is 0 Å². The fourth-order valence-electron chi connectivity index (χ4n) is 1.42. The quantitative estimate of drug-likeness (QED) is 0.781. The number of aliphatic imine (C=N–C) groups is 1. The van der Waals surface area contributed by atoms with Crippen molar-refractivity contribution in [3.63, 3.8) is 0 Å². The van der Waals surface area contributed by atoms with Gasteiger partial charge in [0.05, 0.1) is 0 Å². The first-order valence-electron chi connectivity index (χ1n) is 5.25. The summed E-state index contributed by atoms with van der Waals surface area (Å²) >= 11 is 0. The molecule has 16 heavy (non-hydrogen) atoms. The van der Waals surface area contributed by atoms with Crippen molar-refractivity contribution in [3.05, 3.63) is 41.5 Å². The molecule has 0 fully saturated rings. The summed E-state index contributed by atoms with van der Waals surface area (Å²) in [6.45, 7) is 0.945. The lowest BCUT2D eigenvalue weighted by atomic mass is 10.1. The molecule has 0 aliphatic rings. The molecule has 1 aromatic carbocycles. The third kappa shape index (κ3) is 3.87. The first-order chi connectivity index (χ1) is 7.63. The van der Waals surface area contributed by atoms with Crippen molar-refractivity contribution in [1.82, 2.24) is 4.90 Å². The van der Waals surface area contributed by atoms with Gasteiger partial charge in [-0.1, -0.05) is 24.3 Å². The van der Waals surface area contributed by atoms with Crippen molar-refractivity contribution in [2.75, 3.05) is 21.1 Å². The summed E-state index contributed by atoms with van der Waals surface area (Å²) in [6, 6.07) is 8.26. The lowest BCUT2D eigenvalue weighted by Crippen LogP contribution is -2.10. The zero-order valence-electron chi connectivity index (χ0n) is 10.1. The van der Waals surface area contributed by atoms with Crippen molar-refractivity contribution in [3.8, 4) is 0 Å². The van der Waals surface area contributed by atoms with Gasteiger partial charge in [0.25, 0.3) is 0 Å². The van der Waals surface area contributed by atoms with Crippen LogP contribution in [0.1, 0.15) is 11.1 Å². The summed E-state index contributed by atoms with van der Waals surface area (Å²) in [5.41, 5.74) is 8.94. The van der Waals surface area contributed by atoms with Gasteiger partial charge in [-0.2, -0.15) is 0 Å². The molecule has 0 bridgehead atoms. The van der Waals surface area contributed by atoms with Crippen LogP contribution in [-0.2, 0) is 6.54 Å². The maximum Gasteiger partial charge on any atom is 0.0402 e. The summed E-state index contributed by atoms with van der Waals surface area (Å²) in [5, 5.41) is 0. The monoisotopic (exact) mass is 217 g/mol. The average Bonchev–Trinajstić information content (AvgIpc) is 2.26. The number of rotatable bonds is 4. The minimum absolute atomic E-state index is 0.738. The van der Waals surface area contributed by atoms with Gasteiger partial charge in [-0.05, 0) is 31.3 Å². The standard InChI is InChI=1S/C13H19N3/c1-15-9-8-13(14)12-6-4-11(5-7-12)10-16(2)3/h4-9H,10,14H2,1-3H3. The predicted molar refractivity (Wildman–Crippen MR) is 70.4 cm³/mol. The van der Waals surface area contributed by atoms with E-state index in [0.717, 1.165) is 17.8 Å². The van der Waals surface area contributed by atoms with E-state index in [1.54, 1.807) is 19.3 Å². The molecule has 0 saturated carbocycles. The highest BCUT2D eigenvalue weighted by Crippen LogP contribution is 2.11. The number of hydrogen-bond acceptors (Lipinski definition) is 3. The molecule has 0 aliphatic carbocycles. The zero-order chi connectivity index (χ0) is 12.0. The number of nitrogens with zero attached hydrogens (tertiary/aromatic N) is 2. The summed E-state index contributed by atoms with van der Waals surface area (Å²) in [4.78, 5) is 6.01. The van der Waals surface area contributed by atoms with E-state index in [1.807, 2.05) is 12.1 Å². The van der Waals surface area contributed by atoms with Crippen LogP contribution in [0.25, 0.3) is 5.70 Å². The Balaban J connectivity index is 2.78. The molecule has 3 heteroatoms. The Morgan fingerprint density at radius 3 is 2.44 bits per heavy atom. The topological polar surface area (TPSA) is 41.6 Å². The molecule has 0 spiro atoms. The van der Waals surface area contributed by atoms with Crippen LogP contribution < -0.4 is 5.73 Å². The molecule has 0 amide bonds. The normalized spacial score (nSPS) is 12.6. The van der Waals surface area contributed by atoms with Gasteiger partial charge in [0.15, 0.2) is 0 Å². The molecular formula is C13H19N3. The van der Waals surface area contributed by atoms with Crippen molar-refractivity contribution in [1.29, 1.82) is 0 Å². The number of nitrogens with two attached hydrogens (primary N) is 1. The summed E-state index contributed by atoms with van der Waals surface area (Å²) in [7, 11) is 5.84. The fourth-order valence-corrected chi connectivity index (χ4v) is 1.42. The summed E-state index contributed by atoms with van der Waals surface area (Å²) in [6.07, 6.45) is 3.50. The van der Waals surface area contributed by atoms with Gasteiger partial charge in [-0.25, -0.2) is 0 Å². The SMILES string of the molecule is CN=CC=C(N)c1ccc(CN(C)C)cc1. The molecule has 1 aromatic rings. The predicted octanol–water partition coefficient (Wildman–Crippen LogP) is 1.75. The summed E-state index contributed by atoms with van der Waals surface area (Å²) in [5.74, 6) is 0. The molecule has 0 aromatic heterocycles. The molecule has 1 rings (SSSR count). The van der Waals surface area contributed by atoms with Crippen LogP contribution in [0.15, 0.2) is 35.3 Å². The van der Waals surface area contributed by atoms with E-state index in [4.69, 9.17) is 5.73 Å². The molecule has 86 valence electrons. The molecule has 2 N–H and O–H groups in total. The Labute approximate surface area is 97.3 Å². The zero-order valence-corrected chi connectivity index (χ0v) is 10.1. The van der Waals surface area contributed by atoms with Crippen LogP contribution in [0, 0.1) is 0 Å². The number of benzene rings is 1. The van der Waals surface area contributed by atoms with Crippen molar-refractivity contribution < 1.29 is 0 Å². The third-order valence-electron chi connectivity index (χ3n) is 2.19. The minimum Gasteiger partial charge on any atom is -0.398 e. The van der Waals surface area contributed by atoms with Crippen LogP contribution in [-0.4, -0.2) is 32.3 Å². The van der Waals surface area contributed by atoms with Crippen molar-refractivity contribution in [2.24, 2.45) is 10.7 Å². The molecule has 0 saturated heterocycles. The first-order valence-corrected chi connectivity index (χ1v) is 5.25. The van der Waals surface area contributed by atoms with Crippen LogP contribution >= 0.6 is 0 Å². The third-order valence-corrected chi connectivity index (χ3v) is 2.19. The highest BCUT2D eigenvalue weighted by molar-refractivity contribution is 5.83. The van der Waals surface area contributed by atoms with E-state index in [2.05, 4.69) is 36.1 Å². The Morgan fingerprint density at radius 2 is 1.94 bits per heavy atom. The molecule has 0 unspecified atom stereocenters. The van der Waals surface area contributed by atoms with Crippen molar-refractivity contribution >= 4 is 11.9 Å². The smallest absolute Gasteiger partial charge is 0.0402 e. The highest BCUT2D eigenvalue weighted by atomic mass is 15.0. The Morgan fingerprint density at radius 1 is 1.31 bits per heavy atom. The van der Waals surface area contributed by atoms with E-state index < -0.39 is 0 Å². The molecule has 0 heterocycles. The second kappa shape index (κ2) is 6.08. The Bertz CT molecular complexity index is 375. The van der Waals surface area contributed by atoms with E-state index in [-0.39, 0.29) is 0 Å². The van der Waals surface area contributed by atoms with Gasteiger partial charge in [-0.15, -0.1) is 0 Å². The molecular weight excluding hydrogens is 198 g/mol. The van der Waals surface area contributed by atoms with Crippen LogP contribution in [0.2, 0.25) is 0 Å². The second-order valence-corrected chi connectivity index (χ2v) is 3.96. The maximum absolute atomic E-state index is 5.89. The lowest BCUT2D eigenvalue weighted by Gasteiger charge is -2.10. The van der Waals surface area contributed by atoms with Crippen LogP contribution in [0.4, 0.5) is 0 Å². The van der Waals surface area contributed by atoms with Gasteiger partial charge in [-0.3, -0.25) is 4.99 Å². The molecule has 0 aliphatic heterocycles. The van der Waals surface area contributed by atoms with Gasteiger partial charge >= 0.3 is 0 Å². The first kappa shape index (κ1) is 12.5.